The molecule has 2 nitrogen and oxygen atoms in total. The smallest absolute Gasteiger partial charge is 0.150 e. The summed E-state index contributed by atoms with van der Waals surface area (Å²) in [4.78, 5) is 0. The molecule has 1 heterocycles. The Morgan fingerprint density at radius 2 is 1.65 bits per heavy atom. The summed E-state index contributed by atoms with van der Waals surface area (Å²) in [6.07, 6.45) is 5.59. The molecular formula is C18H19NO. The Kier molecular flexibility index (Phi) is 3.46. The molecule has 0 atom stereocenters. The molecule has 0 fully saturated rings. The molecule has 3 rings (SSSR count). The summed E-state index contributed by atoms with van der Waals surface area (Å²) in [5.74, 6) is 0.891. The minimum absolute atomic E-state index is 0.891. The number of aryl methyl sites for hydroxylation is 4. The fourth-order valence-corrected chi connectivity index (χ4v) is 2.43. The van der Waals surface area contributed by atoms with Crippen LogP contribution in [0.1, 0.15) is 22.3 Å². The van der Waals surface area contributed by atoms with Crippen molar-refractivity contribution in [3.63, 3.8) is 0 Å². The van der Waals surface area contributed by atoms with Crippen molar-refractivity contribution in [2.45, 2.75) is 26.7 Å². The Hall–Kier alpha value is -2.22. The second kappa shape index (κ2) is 5.41. The molecule has 2 aromatic rings. The van der Waals surface area contributed by atoms with Crippen LogP contribution in [-0.4, -0.2) is 0 Å². The molecule has 0 spiro atoms. The van der Waals surface area contributed by atoms with Crippen LogP contribution in [0.25, 0.3) is 0 Å². The zero-order valence-corrected chi connectivity index (χ0v) is 11.9. The molecular weight excluding hydrogens is 246 g/mol. The summed E-state index contributed by atoms with van der Waals surface area (Å²) in [6.45, 7) is 4.33. The van der Waals surface area contributed by atoms with Gasteiger partial charge in [0.2, 0.25) is 0 Å². The number of benzene rings is 2. The molecule has 0 aromatic heterocycles. The summed E-state index contributed by atoms with van der Waals surface area (Å²) >= 11 is 0. The van der Waals surface area contributed by atoms with E-state index in [2.05, 4.69) is 49.5 Å². The van der Waals surface area contributed by atoms with Crippen LogP contribution in [0.4, 0.5) is 5.69 Å². The zero-order valence-electron chi connectivity index (χ0n) is 11.9. The third-order valence-corrected chi connectivity index (χ3v) is 3.82. The largest absolute Gasteiger partial charge is 0.461 e. The maximum Gasteiger partial charge on any atom is 0.150 e. The first-order chi connectivity index (χ1) is 9.72. The van der Waals surface area contributed by atoms with Gasteiger partial charge in [0.15, 0.2) is 0 Å². The number of hydrogen-bond donors (Lipinski definition) is 1. The van der Waals surface area contributed by atoms with E-state index in [1.807, 2.05) is 12.3 Å². The second-order valence-corrected chi connectivity index (χ2v) is 5.31. The number of nitrogens with one attached hydrogen (secondary N) is 1. The average Bonchev–Trinajstić information content (AvgIpc) is 2.48. The Morgan fingerprint density at radius 1 is 0.900 bits per heavy atom. The van der Waals surface area contributed by atoms with Crippen LogP contribution < -0.4 is 10.1 Å². The highest BCUT2D eigenvalue weighted by Gasteiger charge is 2.07. The van der Waals surface area contributed by atoms with Crippen LogP contribution in [0, 0.1) is 13.8 Å². The predicted octanol–water partition coefficient (Wildman–Crippen LogP) is 4.36. The van der Waals surface area contributed by atoms with Crippen molar-refractivity contribution in [1.82, 2.24) is 0 Å². The minimum atomic E-state index is 0.891. The molecule has 0 amide bonds. The van der Waals surface area contributed by atoms with Crippen LogP contribution in [0.5, 0.6) is 5.75 Å². The predicted molar refractivity (Wildman–Crippen MR) is 83.2 cm³/mol. The molecule has 0 radical (unpaired) electrons. The molecule has 1 aliphatic rings. The van der Waals surface area contributed by atoms with Gasteiger partial charge in [-0.2, -0.15) is 0 Å². The van der Waals surface area contributed by atoms with Crippen molar-refractivity contribution in [3.05, 3.63) is 71.1 Å². The highest BCUT2D eigenvalue weighted by molar-refractivity contribution is 5.61. The molecule has 2 aromatic carbocycles. The van der Waals surface area contributed by atoms with Crippen molar-refractivity contribution in [2.75, 3.05) is 5.32 Å². The second-order valence-electron chi connectivity index (χ2n) is 5.31. The first-order valence-corrected chi connectivity index (χ1v) is 7.00. The van der Waals surface area contributed by atoms with E-state index >= 15 is 0 Å². The first kappa shape index (κ1) is 12.8. The minimum Gasteiger partial charge on any atom is -0.461 e. The third-order valence-electron chi connectivity index (χ3n) is 3.82. The summed E-state index contributed by atoms with van der Waals surface area (Å²) in [6, 6.07) is 13.1. The third kappa shape index (κ3) is 2.69. The van der Waals surface area contributed by atoms with Crippen LogP contribution >= 0.6 is 0 Å². The van der Waals surface area contributed by atoms with Gasteiger partial charge in [-0.15, -0.1) is 0 Å². The Morgan fingerprint density at radius 3 is 2.45 bits per heavy atom. The maximum atomic E-state index is 5.43. The molecule has 2 heteroatoms. The summed E-state index contributed by atoms with van der Waals surface area (Å²) in [5, 5.41) is 3.21. The molecule has 0 bridgehead atoms. The molecule has 0 unspecified atom stereocenters. The summed E-state index contributed by atoms with van der Waals surface area (Å²) in [5.41, 5.74) is 6.50. The molecule has 0 aliphatic carbocycles. The monoisotopic (exact) mass is 265 g/mol. The van der Waals surface area contributed by atoms with E-state index in [-0.39, 0.29) is 0 Å². The number of anilines is 1. The van der Waals surface area contributed by atoms with Crippen LogP contribution in [0.2, 0.25) is 0 Å². The molecule has 1 aliphatic heterocycles. The van der Waals surface area contributed by atoms with Gasteiger partial charge in [0.05, 0.1) is 5.69 Å². The molecule has 0 saturated carbocycles. The van der Waals surface area contributed by atoms with Gasteiger partial charge in [0, 0.05) is 6.20 Å². The average molecular weight is 265 g/mol. The molecule has 1 N–H and O–H groups in total. The van der Waals surface area contributed by atoms with Gasteiger partial charge >= 0.3 is 0 Å². The number of hydrogen-bond acceptors (Lipinski definition) is 2. The normalized spacial score (nSPS) is 12.5. The van der Waals surface area contributed by atoms with Gasteiger partial charge in [-0.3, -0.25) is 0 Å². The van der Waals surface area contributed by atoms with Gasteiger partial charge in [-0.1, -0.05) is 24.3 Å². The standard InChI is InChI=1S/C18H19NO/c1-13-3-4-15(11-14(13)2)5-6-16-7-8-18-17(12-16)19-9-10-20-18/h3-4,7-12,19H,5-6H2,1-2H3. The highest BCUT2D eigenvalue weighted by Crippen LogP contribution is 2.28. The van der Waals surface area contributed by atoms with E-state index in [9.17, 15) is 0 Å². The molecule has 0 saturated heterocycles. The van der Waals surface area contributed by atoms with Crippen molar-refractivity contribution >= 4 is 5.69 Å². The van der Waals surface area contributed by atoms with Crippen molar-refractivity contribution in [2.24, 2.45) is 0 Å². The number of rotatable bonds is 3. The van der Waals surface area contributed by atoms with Crippen LogP contribution in [0.3, 0.4) is 0 Å². The van der Waals surface area contributed by atoms with Gasteiger partial charge in [-0.05, 0) is 61.1 Å². The summed E-state index contributed by atoms with van der Waals surface area (Å²) < 4.78 is 5.43. The van der Waals surface area contributed by atoms with Crippen LogP contribution in [0.15, 0.2) is 48.9 Å². The topological polar surface area (TPSA) is 21.3 Å². The lowest BCUT2D eigenvalue weighted by molar-refractivity contribution is 0.477. The Bertz CT molecular complexity index is 658. The lowest BCUT2D eigenvalue weighted by atomic mass is 10.00. The summed E-state index contributed by atoms with van der Waals surface area (Å²) in [7, 11) is 0. The van der Waals surface area contributed by atoms with Crippen LogP contribution in [-0.2, 0) is 12.8 Å². The fourth-order valence-electron chi connectivity index (χ4n) is 2.43. The zero-order chi connectivity index (χ0) is 13.9. The van der Waals surface area contributed by atoms with Crippen molar-refractivity contribution in [3.8, 4) is 5.75 Å². The van der Waals surface area contributed by atoms with Gasteiger partial charge < -0.3 is 10.1 Å². The highest BCUT2D eigenvalue weighted by atomic mass is 16.5. The van der Waals surface area contributed by atoms with E-state index in [1.54, 1.807) is 6.26 Å². The SMILES string of the molecule is Cc1ccc(CCc2ccc3c(c2)NC=CO3)cc1C. The van der Waals surface area contributed by atoms with E-state index in [4.69, 9.17) is 4.74 Å². The van der Waals surface area contributed by atoms with Crippen molar-refractivity contribution in [1.29, 1.82) is 0 Å². The Balaban J connectivity index is 1.71. The maximum absolute atomic E-state index is 5.43. The molecule has 20 heavy (non-hydrogen) atoms. The van der Waals surface area contributed by atoms with Crippen molar-refractivity contribution < 1.29 is 4.74 Å². The lowest BCUT2D eigenvalue weighted by Crippen LogP contribution is -2.01. The quantitative estimate of drug-likeness (QED) is 0.890. The van der Waals surface area contributed by atoms with E-state index in [0.717, 1.165) is 24.3 Å². The van der Waals surface area contributed by atoms with E-state index in [0.29, 0.717) is 0 Å². The lowest BCUT2D eigenvalue weighted by Gasteiger charge is -2.14. The fraction of sp³-hybridized carbons (Fsp3) is 0.222. The van der Waals surface area contributed by atoms with E-state index < -0.39 is 0 Å². The van der Waals surface area contributed by atoms with E-state index in [1.165, 1.54) is 22.3 Å². The van der Waals surface area contributed by atoms with Gasteiger partial charge in [-0.25, -0.2) is 0 Å². The van der Waals surface area contributed by atoms with Gasteiger partial charge in [0.25, 0.3) is 0 Å². The first-order valence-electron chi connectivity index (χ1n) is 7.00. The number of ether oxygens (including phenoxy) is 1. The molecule has 102 valence electrons. The number of fused-ring (bicyclic) bond motifs is 1. The van der Waals surface area contributed by atoms with Gasteiger partial charge in [0.1, 0.15) is 12.0 Å². The Labute approximate surface area is 120 Å².